The fourth-order valence-corrected chi connectivity index (χ4v) is 4.09. The van der Waals surface area contributed by atoms with Crippen LogP contribution >= 0.6 is 7.75 Å². The zero-order valence-corrected chi connectivity index (χ0v) is 25.8. The van der Waals surface area contributed by atoms with Gasteiger partial charge in [-0.3, -0.25) is 13.9 Å². The zero-order chi connectivity index (χ0) is 30.4. The first-order valence-electron chi connectivity index (χ1n) is 13.8. The van der Waals surface area contributed by atoms with Gasteiger partial charge in [-0.05, 0) is 52.4 Å². The molecule has 0 rings (SSSR count). The van der Waals surface area contributed by atoms with E-state index in [0.29, 0.717) is 38.9 Å². The molecule has 0 saturated heterocycles. The van der Waals surface area contributed by atoms with Crippen molar-refractivity contribution >= 4 is 32.0 Å². The Morgan fingerprint density at radius 2 is 1.12 bits per heavy atom. The first kappa shape index (κ1) is 37.6. The normalized spacial score (nSPS) is 13.4. The van der Waals surface area contributed by atoms with Crippen LogP contribution < -0.4 is 5.73 Å². The van der Waals surface area contributed by atoms with Crippen LogP contribution in [0.1, 0.15) is 86.0 Å². The van der Waals surface area contributed by atoms with Gasteiger partial charge in [-0.2, -0.15) is 0 Å². The van der Waals surface area contributed by atoms with Crippen molar-refractivity contribution in [3.63, 3.8) is 0 Å². The summed E-state index contributed by atoms with van der Waals surface area (Å²) in [5.74, 6) is -0.877. The Labute approximate surface area is 237 Å². The average Bonchev–Trinajstić information content (AvgIpc) is 2.88. The van der Waals surface area contributed by atoms with Crippen molar-refractivity contribution in [1.82, 2.24) is 0 Å². The maximum Gasteiger partial charge on any atom is 0.508 e. The van der Waals surface area contributed by atoms with Crippen LogP contribution in [0.25, 0.3) is 0 Å². The van der Waals surface area contributed by atoms with E-state index >= 15 is 0 Å². The summed E-state index contributed by atoms with van der Waals surface area (Å²) < 4.78 is 47.7. The summed E-state index contributed by atoms with van der Waals surface area (Å²) in [4.78, 5) is 40.0. The molecule has 15 heteroatoms. The predicted octanol–water partition coefficient (Wildman–Crippen LogP) is 5.24. The van der Waals surface area contributed by atoms with Gasteiger partial charge in [-0.1, -0.05) is 31.3 Å². The third kappa shape index (κ3) is 17.3. The number of unbranched alkanes of at least 4 members (excludes halogenated alkanes) is 4. The molecule has 0 bridgehead atoms. The minimum absolute atomic E-state index is 0.0338. The maximum absolute atomic E-state index is 13.5. The molecule has 40 heavy (non-hydrogen) atoms. The van der Waals surface area contributed by atoms with Crippen LogP contribution in [0.15, 0.2) is 4.76 Å². The number of hydroxylamine groups is 3. The SMILES string of the molecule is CCCCOC(=O)OCCCCOP(=O)(N=C(N)[N+](C)(OC(C)=O)C(C)C)OCCCCOC(=O)OCCCC. The number of nitrogens with two attached hydrogens (primary N) is 1. The van der Waals surface area contributed by atoms with Crippen LogP contribution in [0, 0.1) is 0 Å². The van der Waals surface area contributed by atoms with E-state index in [1.807, 2.05) is 13.8 Å². The Kier molecular flexibility index (Phi) is 20.1. The molecule has 1 unspecified atom stereocenters. The van der Waals surface area contributed by atoms with Crippen LogP contribution in [0.4, 0.5) is 9.59 Å². The smallest absolute Gasteiger partial charge is 0.434 e. The van der Waals surface area contributed by atoms with Gasteiger partial charge in [0.15, 0.2) is 0 Å². The van der Waals surface area contributed by atoms with E-state index in [9.17, 15) is 18.9 Å². The largest absolute Gasteiger partial charge is 0.508 e. The maximum atomic E-state index is 13.5. The van der Waals surface area contributed by atoms with Gasteiger partial charge >= 0.3 is 32.0 Å². The Hall–Kier alpha value is -2.41. The summed E-state index contributed by atoms with van der Waals surface area (Å²) >= 11 is 0. The third-order valence-electron chi connectivity index (χ3n) is 5.45. The predicted molar refractivity (Wildman–Crippen MR) is 147 cm³/mol. The summed E-state index contributed by atoms with van der Waals surface area (Å²) in [6, 6.07) is -0.357. The van der Waals surface area contributed by atoms with Crippen LogP contribution in [-0.2, 0) is 42.2 Å². The van der Waals surface area contributed by atoms with E-state index in [4.69, 9.17) is 38.6 Å². The number of ether oxygens (including phenoxy) is 4. The van der Waals surface area contributed by atoms with Crippen LogP contribution in [0.3, 0.4) is 0 Å². The van der Waals surface area contributed by atoms with Crippen molar-refractivity contribution in [2.45, 2.75) is 92.0 Å². The van der Waals surface area contributed by atoms with Crippen molar-refractivity contribution in [1.29, 1.82) is 0 Å². The highest BCUT2D eigenvalue weighted by Crippen LogP contribution is 2.50. The number of carbonyl (C=O) groups excluding carboxylic acids is 3. The minimum Gasteiger partial charge on any atom is -0.434 e. The lowest BCUT2D eigenvalue weighted by atomic mass is 10.3. The molecule has 0 heterocycles. The molecule has 0 amide bonds. The molecular formula is C25H49N3O11P+. The van der Waals surface area contributed by atoms with E-state index in [1.54, 1.807) is 13.8 Å². The van der Waals surface area contributed by atoms with Crippen molar-refractivity contribution in [3.8, 4) is 0 Å². The summed E-state index contributed by atoms with van der Waals surface area (Å²) in [5.41, 5.74) is 6.13. The molecular weight excluding hydrogens is 549 g/mol. The fourth-order valence-electron chi connectivity index (χ4n) is 2.76. The van der Waals surface area contributed by atoms with Crippen molar-refractivity contribution < 1.29 is 56.4 Å². The topological polar surface area (TPSA) is 171 Å². The van der Waals surface area contributed by atoms with Crippen molar-refractivity contribution in [3.05, 3.63) is 0 Å². The lowest BCUT2D eigenvalue weighted by molar-refractivity contribution is -1.02. The number of carbonyl (C=O) groups is 3. The van der Waals surface area contributed by atoms with E-state index in [0.717, 1.165) is 25.7 Å². The van der Waals surface area contributed by atoms with E-state index in [1.165, 1.54) is 14.0 Å². The molecule has 0 aliphatic heterocycles. The standard InChI is InChI=1S/C25H49N3O11P/c1-7-9-15-33-24(30)35-17-11-13-19-37-40(32,27-23(26)28(6,21(3)4)39-22(5)29)38-20-14-12-18-36-25(31)34-16-10-8-2/h21H,7-20H2,1-6H3,(H2,26,27,32)/q+1. The van der Waals surface area contributed by atoms with E-state index in [2.05, 4.69) is 4.76 Å². The molecule has 0 aromatic heterocycles. The Morgan fingerprint density at radius 3 is 1.48 bits per heavy atom. The molecule has 0 aromatic rings. The quantitative estimate of drug-likeness (QED) is 0.0368. The second kappa shape index (κ2) is 21.4. The first-order valence-corrected chi connectivity index (χ1v) is 15.3. The average molecular weight is 599 g/mol. The van der Waals surface area contributed by atoms with Gasteiger partial charge in [0.2, 0.25) is 0 Å². The van der Waals surface area contributed by atoms with E-state index < -0.39 is 30.7 Å². The molecule has 0 spiro atoms. The van der Waals surface area contributed by atoms with Crippen molar-refractivity contribution in [2.75, 3.05) is 46.7 Å². The summed E-state index contributed by atoms with van der Waals surface area (Å²) in [7, 11) is -2.63. The number of rotatable bonds is 20. The number of guanidine groups is 1. The highest BCUT2D eigenvalue weighted by molar-refractivity contribution is 7.52. The van der Waals surface area contributed by atoms with Gasteiger partial charge in [0, 0.05) is 6.92 Å². The second-order valence-corrected chi connectivity index (χ2v) is 10.9. The number of nitrogens with zero attached hydrogens (tertiary/aromatic N) is 2. The molecule has 234 valence electrons. The molecule has 14 nitrogen and oxygen atoms in total. The lowest BCUT2D eigenvalue weighted by Gasteiger charge is -2.32. The Balaban J connectivity index is 5.00. The third-order valence-corrected chi connectivity index (χ3v) is 6.91. The molecule has 0 radical (unpaired) electrons. The van der Waals surface area contributed by atoms with Gasteiger partial charge in [0.25, 0.3) is 0 Å². The minimum atomic E-state index is -4.14. The lowest BCUT2D eigenvalue weighted by Crippen LogP contribution is -2.58. The molecule has 2 N–H and O–H groups in total. The van der Waals surface area contributed by atoms with Crippen LogP contribution in [0.5, 0.6) is 0 Å². The van der Waals surface area contributed by atoms with Gasteiger partial charge in [0.05, 0.1) is 39.6 Å². The van der Waals surface area contributed by atoms with Crippen LogP contribution in [-0.4, -0.2) is 81.6 Å². The summed E-state index contributed by atoms with van der Waals surface area (Å²) in [5, 5.41) is 0. The number of quaternary nitrogens is 1. The molecule has 0 aliphatic rings. The fraction of sp³-hybridized carbons (Fsp3) is 0.840. The molecule has 0 aliphatic carbocycles. The van der Waals surface area contributed by atoms with Gasteiger partial charge in [-0.25, -0.2) is 18.9 Å². The van der Waals surface area contributed by atoms with E-state index in [-0.39, 0.29) is 38.4 Å². The summed E-state index contributed by atoms with van der Waals surface area (Å²) in [6.45, 7) is 9.41. The monoisotopic (exact) mass is 598 g/mol. The molecule has 0 saturated carbocycles. The van der Waals surface area contributed by atoms with Gasteiger partial charge in [0.1, 0.15) is 13.1 Å². The second-order valence-electron chi connectivity index (χ2n) is 9.28. The van der Waals surface area contributed by atoms with Gasteiger partial charge in [-0.15, -0.1) is 4.76 Å². The van der Waals surface area contributed by atoms with Crippen molar-refractivity contribution in [2.24, 2.45) is 10.5 Å². The number of hydrogen-bond acceptors (Lipinski definition) is 11. The first-order chi connectivity index (χ1) is 18.9. The molecule has 0 aromatic carbocycles. The van der Waals surface area contributed by atoms with Gasteiger partial charge < -0.3 is 24.7 Å². The van der Waals surface area contributed by atoms with Crippen LogP contribution in [0.2, 0.25) is 0 Å². The highest BCUT2D eigenvalue weighted by atomic mass is 31.2. The zero-order valence-electron chi connectivity index (χ0n) is 24.9. The Morgan fingerprint density at radius 1 is 0.750 bits per heavy atom. The molecule has 0 fully saturated rings. The molecule has 1 atom stereocenters. The number of hydrogen-bond donors (Lipinski definition) is 1. The highest BCUT2D eigenvalue weighted by Gasteiger charge is 2.40. The summed E-state index contributed by atoms with van der Waals surface area (Å²) in [6.07, 6.45) is 3.42. The Bertz CT molecular complexity index is 788.